The minimum Gasteiger partial charge on any atom is -0.340 e. The monoisotopic (exact) mass is 422 g/mol. The van der Waals surface area contributed by atoms with Crippen LogP contribution < -0.4 is 5.32 Å². The molecule has 1 aromatic carbocycles. The Kier molecular flexibility index (Phi) is 5.81. The van der Waals surface area contributed by atoms with Crippen LogP contribution in [0.1, 0.15) is 52.0 Å². The Balaban J connectivity index is 1.51. The Labute approximate surface area is 180 Å². The van der Waals surface area contributed by atoms with Gasteiger partial charge in [-0.3, -0.25) is 9.59 Å². The van der Waals surface area contributed by atoms with Crippen LogP contribution in [0.3, 0.4) is 0 Å². The number of carbonyl (C=O) groups excluding carboxylic acids is 2. The molecule has 0 saturated heterocycles. The Hall–Kier alpha value is -2.80. The Morgan fingerprint density at radius 3 is 2.70 bits per heavy atom. The van der Waals surface area contributed by atoms with Crippen molar-refractivity contribution in [3.63, 3.8) is 0 Å². The van der Waals surface area contributed by atoms with E-state index in [1.165, 1.54) is 10.4 Å². The molecule has 1 aliphatic rings. The molecule has 1 atom stereocenters. The summed E-state index contributed by atoms with van der Waals surface area (Å²) in [4.78, 5) is 38.4. The molecular weight excluding hydrogens is 396 g/mol. The van der Waals surface area contributed by atoms with Crippen molar-refractivity contribution in [2.24, 2.45) is 0 Å². The molecule has 0 aliphatic carbocycles. The summed E-state index contributed by atoms with van der Waals surface area (Å²) < 4.78 is 0. The van der Waals surface area contributed by atoms with Gasteiger partial charge in [0, 0.05) is 23.5 Å². The summed E-state index contributed by atoms with van der Waals surface area (Å²) in [5.41, 5.74) is 4.88. The Bertz CT molecular complexity index is 1110. The van der Waals surface area contributed by atoms with Crippen molar-refractivity contribution in [2.75, 3.05) is 6.54 Å². The number of benzene rings is 1. The molecule has 0 bridgehead atoms. The molecule has 1 N–H and O–H groups in total. The quantitative estimate of drug-likeness (QED) is 0.679. The van der Waals surface area contributed by atoms with Crippen LogP contribution in [0.15, 0.2) is 29.6 Å². The van der Waals surface area contributed by atoms with Gasteiger partial charge in [0.25, 0.3) is 5.91 Å². The molecule has 0 fully saturated rings. The molecule has 0 saturated carbocycles. The fourth-order valence-electron chi connectivity index (χ4n) is 3.82. The number of amides is 2. The minimum absolute atomic E-state index is 0.00546. The van der Waals surface area contributed by atoms with E-state index in [0.29, 0.717) is 30.6 Å². The van der Waals surface area contributed by atoms with Crippen LogP contribution in [0.5, 0.6) is 0 Å². The first-order chi connectivity index (χ1) is 14.5. The second-order valence-corrected chi connectivity index (χ2v) is 8.79. The minimum atomic E-state index is -0.524. The summed E-state index contributed by atoms with van der Waals surface area (Å²) in [6.07, 6.45) is 2.31. The van der Waals surface area contributed by atoms with Gasteiger partial charge in [0.2, 0.25) is 5.91 Å². The van der Waals surface area contributed by atoms with Gasteiger partial charge in [-0.2, -0.15) is 0 Å². The number of aryl methyl sites for hydroxylation is 2. The van der Waals surface area contributed by atoms with Gasteiger partial charge in [-0.1, -0.05) is 13.3 Å². The third-order valence-corrected chi connectivity index (χ3v) is 6.66. The molecule has 1 unspecified atom stereocenters. The highest BCUT2D eigenvalue weighted by Crippen LogP contribution is 2.25. The molecule has 30 heavy (non-hydrogen) atoms. The predicted octanol–water partition coefficient (Wildman–Crippen LogP) is 3.79. The maximum atomic E-state index is 13.2. The van der Waals surface area contributed by atoms with Crippen LogP contribution in [-0.4, -0.2) is 39.3 Å². The molecule has 7 heteroatoms. The molecule has 3 heterocycles. The van der Waals surface area contributed by atoms with Gasteiger partial charge in [0.15, 0.2) is 0 Å². The van der Waals surface area contributed by atoms with E-state index in [9.17, 15) is 9.59 Å². The van der Waals surface area contributed by atoms with Gasteiger partial charge in [-0.05, 0) is 61.9 Å². The van der Waals surface area contributed by atoms with Crippen LogP contribution in [0.25, 0.3) is 11.0 Å². The summed E-state index contributed by atoms with van der Waals surface area (Å²) in [6.45, 7) is 7.17. The van der Waals surface area contributed by atoms with Crippen molar-refractivity contribution in [3.8, 4) is 0 Å². The number of nitrogens with one attached hydrogen (secondary N) is 1. The van der Waals surface area contributed by atoms with E-state index in [1.54, 1.807) is 23.5 Å². The lowest BCUT2D eigenvalue weighted by molar-refractivity contribution is -0.134. The largest absolute Gasteiger partial charge is 0.340 e. The summed E-state index contributed by atoms with van der Waals surface area (Å²) in [6, 6.07) is 6.86. The number of aromatic nitrogens is 2. The van der Waals surface area contributed by atoms with Gasteiger partial charge in [0.1, 0.15) is 6.04 Å². The third-order valence-electron chi connectivity index (χ3n) is 5.64. The standard InChI is InChI=1S/C23H26N4O2S/c1-4-5-19(23(29)27-10-8-21-17(13-27)9-11-30-21)26-22(28)16-6-7-18-20(12-16)25-15(3)14(2)24-18/h6-7,9,11-12,19H,4-5,8,10,13H2,1-3H3,(H,26,28). The second kappa shape index (κ2) is 8.52. The average Bonchev–Trinajstić information content (AvgIpc) is 3.21. The van der Waals surface area contributed by atoms with Crippen LogP contribution in [0.2, 0.25) is 0 Å². The lowest BCUT2D eigenvalue weighted by Crippen LogP contribution is -2.49. The highest BCUT2D eigenvalue weighted by molar-refractivity contribution is 7.10. The predicted molar refractivity (Wildman–Crippen MR) is 119 cm³/mol. The van der Waals surface area contributed by atoms with Crippen LogP contribution in [0, 0.1) is 13.8 Å². The van der Waals surface area contributed by atoms with E-state index in [0.717, 1.165) is 29.7 Å². The van der Waals surface area contributed by atoms with Crippen LogP contribution in [-0.2, 0) is 17.8 Å². The van der Waals surface area contributed by atoms with Crippen molar-refractivity contribution >= 4 is 34.2 Å². The molecule has 0 radical (unpaired) electrons. The molecule has 0 spiro atoms. The molecule has 156 valence electrons. The highest BCUT2D eigenvalue weighted by Gasteiger charge is 2.28. The summed E-state index contributed by atoms with van der Waals surface area (Å²) in [7, 11) is 0. The first kappa shape index (κ1) is 20.5. The van der Waals surface area contributed by atoms with Crippen molar-refractivity contribution in [1.82, 2.24) is 20.2 Å². The average molecular weight is 423 g/mol. The molecule has 3 aromatic rings. The smallest absolute Gasteiger partial charge is 0.252 e. The second-order valence-electron chi connectivity index (χ2n) is 7.79. The van der Waals surface area contributed by atoms with E-state index in [2.05, 4.69) is 26.7 Å². The van der Waals surface area contributed by atoms with Crippen LogP contribution >= 0.6 is 11.3 Å². The zero-order valence-electron chi connectivity index (χ0n) is 17.6. The van der Waals surface area contributed by atoms with Crippen LogP contribution in [0.4, 0.5) is 0 Å². The zero-order valence-corrected chi connectivity index (χ0v) is 18.4. The molecule has 2 aromatic heterocycles. The van der Waals surface area contributed by atoms with Gasteiger partial charge in [-0.15, -0.1) is 11.3 Å². The third kappa shape index (κ3) is 4.07. The van der Waals surface area contributed by atoms with Gasteiger partial charge < -0.3 is 10.2 Å². The fraction of sp³-hybridized carbons (Fsp3) is 0.391. The van der Waals surface area contributed by atoms with E-state index < -0.39 is 6.04 Å². The normalized spacial score (nSPS) is 14.4. The number of fused-ring (bicyclic) bond motifs is 2. The number of hydrogen-bond acceptors (Lipinski definition) is 5. The zero-order chi connectivity index (χ0) is 21.3. The number of carbonyl (C=O) groups is 2. The lowest BCUT2D eigenvalue weighted by atomic mass is 10.1. The van der Waals surface area contributed by atoms with Crippen molar-refractivity contribution in [3.05, 3.63) is 57.0 Å². The molecule has 1 aliphatic heterocycles. The summed E-state index contributed by atoms with van der Waals surface area (Å²) in [5.74, 6) is -0.258. The Morgan fingerprint density at radius 1 is 1.17 bits per heavy atom. The summed E-state index contributed by atoms with van der Waals surface area (Å²) >= 11 is 1.75. The SMILES string of the molecule is CCCC(NC(=O)c1ccc2nc(C)c(C)nc2c1)C(=O)N1CCc2sccc2C1. The van der Waals surface area contributed by atoms with E-state index in [1.807, 2.05) is 31.7 Å². The first-order valence-corrected chi connectivity index (χ1v) is 11.2. The maximum Gasteiger partial charge on any atom is 0.252 e. The van der Waals surface area contributed by atoms with E-state index >= 15 is 0 Å². The highest BCUT2D eigenvalue weighted by atomic mass is 32.1. The first-order valence-electron chi connectivity index (χ1n) is 10.4. The van der Waals surface area contributed by atoms with Crippen molar-refractivity contribution in [1.29, 1.82) is 0 Å². The van der Waals surface area contributed by atoms with Crippen molar-refractivity contribution < 1.29 is 9.59 Å². The topological polar surface area (TPSA) is 75.2 Å². The molecular formula is C23H26N4O2S. The van der Waals surface area contributed by atoms with Crippen molar-refractivity contribution in [2.45, 2.75) is 52.6 Å². The molecule has 6 nitrogen and oxygen atoms in total. The van der Waals surface area contributed by atoms with E-state index in [4.69, 9.17) is 0 Å². The van der Waals surface area contributed by atoms with Gasteiger partial charge >= 0.3 is 0 Å². The number of rotatable bonds is 5. The molecule has 4 rings (SSSR count). The van der Waals surface area contributed by atoms with Gasteiger partial charge in [0.05, 0.1) is 22.4 Å². The fourth-order valence-corrected chi connectivity index (χ4v) is 4.71. The number of nitrogens with zero attached hydrogens (tertiary/aromatic N) is 3. The summed E-state index contributed by atoms with van der Waals surface area (Å²) in [5, 5.41) is 5.04. The Morgan fingerprint density at radius 2 is 1.93 bits per heavy atom. The maximum absolute atomic E-state index is 13.2. The number of hydrogen-bond donors (Lipinski definition) is 1. The van der Waals surface area contributed by atoms with E-state index in [-0.39, 0.29) is 11.8 Å². The number of thiophene rings is 1. The molecule has 2 amide bonds. The van der Waals surface area contributed by atoms with Gasteiger partial charge in [-0.25, -0.2) is 9.97 Å². The lowest BCUT2D eigenvalue weighted by Gasteiger charge is -2.31.